The van der Waals surface area contributed by atoms with E-state index in [4.69, 9.17) is 17.2 Å². The molecular formula is C96H134FN19O22S. The fourth-order valence-electron chi connectivity index (χ4n) is 18.1. The van der Waals surface area contributed by atoms with Crippen LogP contribution in [-0.4, -0.2) is 304 Å². The van der Waals surface area contributed by atoms with E-state index in [1.807, 2.05) is 6.92 Å². The molecule has 4 aliphatic heterocycles. The summed E-state index contributed by atoms with van der Waals surface area (Å²) >= 11 is 0.738. The Bertz CT molecular complexity index is 5300. The number of fused-ring (bicyclic) bond motifs is 5. The molecule has 139 heavy (non-hydrogen) atoms. The number of amides is 16. The summed E-state index contributed by atoms with van der Waals surface area (Å²) in [6, 6.07) is -3.66. The zero-order chi connectivity index (χ0) is 102. The number of benzene rings is 3. The maximum Gasteiger partial charge on any atom is 0.323 e. The van der Waals surface area contributed by atoms with Crippen molar-refractivity contribution >= 4 is 146 Å². The van der Waals surface area contributed by atoms with Gasteiger partial charge < -0.3 is 114 Å². The summed E-state index contributed by atoms with van der Waals surface area (Å²) in [6.45, 7) is 10.4. The Hall–Kier alpha value is -12.9. The van der Waals surface area contributed by atoms with Crippen LogP contribution in [-0.2, 0) is 117 Å². The first-order valence-electron chi connectivity index (χ1n) is 47.5. The fourth-order valence-corrected chi connectivity index (χ4v) is 18.9. The lowest BCUT2D eigenvalue weighted by Gasteiger charge is -2.38. The van der Waals surface area contributed by atoms with Crippen molar-refractivity contribution in [2.24, 2.45) is 28.5 Å². The lowest BCUT2D eigenvalue weighted by molar-refractivity contribution is -0.149. The number of aromatic amines is 1. The SMILES string of the molecule is CCCC[C@H]1C(=O)N(C)[C@@H](CCCC)C(=O)N[C@@H](CCC(=O)O)C(=O)N[C@H](C(N)=O)CSCC(=O)N[C@@H](Cc2ccc(F)cc2)C(=O)N2CCCC[C@H]2C(=O)N[C@@H](CC(N)=O)C(=O)N2CCC[C@H]2C(=O)N[C@@H](CCC(=O)C(C)(C)C)C(=O)N[C@@H](CC(C)C)C(=O)N2C[C@H](O)C[C@H]2C(=O)N[C@@H](Cc2c[nH]c3ccccc23)C(=O)N[C@@H](CCN)C(=O)N[C@@H](Cc2cn(CC(=O)O)c3ccccc23)C(=O)N1C. The standard InChI is InChI=1S/C96H134FN19O22S/c1-10-12-24-72-87(130)104-63(34-36-80(121)122)84(127)110-70(82(100)125)51-139-52-79(120)102-67(42-54-29-31-57(97)32-30-54)92(135)114-39-19-18-27-73(114)89(132)109-69(46-78(99)119)93(136)115-40-20-28-74(115)88(131)105-62(33-35-77(118)96(5,6)7)83(126)107-66(41-53(3)4)94(137)116-49-58(117)45-76(116)90(133)106-65(43-55-47-101-61-23-16-14-21-59(55)61)86(129)103-64(37-38-98)85(128)108-68(91(134)112(9)75(25-13-11-2)95(138)111(72)8)44-56-48-113(50-81(123)124)71-26-17-15-22-60(56)71/h14-17,21-23,26,29-32,47-48,53,58,62-70,72-76,101,117H,10-13,18-20,24-25,27-28,33-46,49-52,98H2,1-9H3,(H2,99,119)(H2,100,125)(H,102,120)(H,103,129)(H,104,130)(H,105,131)(H,106,133)(H,107,126)(H,108,128)(H,109,132)(H,110,127)(H,121,122)(H,123,124)/t58-,62+,63+,64+,65+,66+,67+,68+,69+,70+,72+,73+,74+,75+,76+/m1/s1. The molecule has 0 aliphatic carbocycles. The van der Waals surface area contributed by atoms with E-state index in [0.29, 0.717) is 64.2 Å². The van der Waals surface area contributed by atoms with Crippen LogP contribution in [0.3, 0.4) is 0 Å². The van der Waals surface area contributed by atoms with Crippen LogP contribution >= 0.6 is 11.8 Å². The van der Waals surface area contributed by atoms with E-state index < -0.39 is 271 Å². The van der Waals surface area contributed by atoms with Gasteiger partial charge in [-0.1, -0.05) is 123 Å². The molecule has 15 atom stereocenters. The van der Waals surface area contributed by atoms with Gasteiger partial charge in [-0.05, 0) is 124 Å². The summed E-state index contributed by atoms with van der Waals surface area (Å²) in [6.07, 6.45) is -1.03. The highest BCUT2D eigenvalue weighted by Crippen LogP contribution is 2.31. The number of H-pyrrole nitrogens is 1. The van der Waals surface area contributed by atoms with Crippen LogP contribution in [0, 0.1) is 17.2 Å². The number of thioether (sulfide) groups is 1. The molecule has 19 N–H and O–H groups in total. The van der Waals surface area contributed by atoms with Gasteiger partial charge in [0.15, 0.2) is 0 Å². The first-order valence-corrected chi connectivity index (χ1v) is 48.6. The molecule has 4 fully saturated rings. The predicted octanol–water partition coefficient (Wildman–Crippen LogP) is 0.868. The van der Waals surface area contributed by atoms with Gasteiger partial charge in [0.25, 0.3) is 0 Å². The molecule has 6 heterocycles. The highest BCUT2D eigenvalue weighted by atomic mass is 32.2. The number of carboxylic acids is 2. The van der Waals surface area contributed by atoms with Crippen molar-refractivity contribution in [1.29, 1.82) is 0 Å². The molecule has 0 unspecified atom stereocenters. The van der Waals surface area contributed by atoms with Crippen LogP contribution in [0.25, 0.3) is 21.8 Å². The van der Waals surface area contributed by atoms with E-state index in [9.17, 15) is 58.1 Å². The number of hydrogen-bond acceptors (Lipinski definition) is 22. The number of nitrogens with one attached hydrogen (secondary N) is 10. The van der Waals surface area contributed by atoms with E-state index in [0.717, 1.165) is 43.5 Å². The van der Waals surface area contributed by atoms with Crippen LogP contribution in [0.1, 0.15) is 187 Å². The maximum absolute atomic E-state index is 16.0. The highest BCUT2D eigenvalue weighted by Gasteiger charge is 2.48. The second-order valence-electron chi connectivity index (χ2n) is 37.7. The summed E-state index contributed by atoms with van der Waals surface area (Å²) in [5.41, 5.74) is 19.1. The van der Waals surface area contributed by atoms with Gasteiger partial charge in [-0.25, -0.2) is 4.39 Å². The van der Waals surface area contributed by atoms with Crippen molar-refractivity contribution in [2.75, 3.05) is 51.8 Å². The van der Waals surface area contributed by atoms with Crippen molar-refractivity contribution in [1.82, 2.24) is 81.9 Å². The average molecular weight is 1960 g/mol. The smallest absolute Gasteiger partial charge is 0.323 e. The first kappa shape index (κ1) is 110. The van der Waals surface area contributed by atoms with E-state index in [1.165, 1.54) is 41.9 Å². The van der Waals surface area contributed by atoms with Crippen molar-refractivity contribution < 1.29 is 111 Å². The molecule has 0 spiro atoms. The summed E-state index contributed by atoms with van der Waals surface area (Å²) < 4.78 is 15.9. The van der Waals surface area contributed by atoms with Crippen LogP contribution in [0.2, 0.25) is 0 Å². The Morgan fingerprint density at radius 2 is 1.04 bits per heavy atom. The van der Waals surface area contributed by atoms with E-state index in [1.54, 1.807) is 96.3 Å². The Kier molecular flexibility index (Phi) is 40.3. The van der Waals surface area contributed by atoms with Crippen molar-refractivity contribution in [3.8, 4) is 0 Å². The lowest BCUT2D eigenvalue weighted by atomic mass is 9.87. The molecule has 5 aromatic rings. The number of Topliss-reactive ketones (excluding diaryl/α,β-unsaturated/α-hetero) is 1. The molecule has 4 saturated heterocycles. The number of carbonyl (C=O) groups excluding carboxylic acids is 17. The largest absolute Gasteiger partial charge is 0.481 e. The molecule has 4 aliphatic rings. The molecule has 43 heteroatoms. The molecule has 0 radical (unpaired) electrons. The minimum Gasteiger partial charge on any atom is -0.481 e. The number of unbranched alkanes of at least 4 members (excludes halogenated alkanes) is 2. The zero-order valence-electron chi connectivity index (χ0n) is 80.1. The molecule has 41 nitrogen and oxygen atoms in total. The normalized spacial score (nSPS) is 25.0. The van der Waals surface area contributed by atoms with Crippen molar-refractivity contribution in [2.45, 2.75) is 287 Å². The second kappa shape index (κ2) is 51.1. The third-order valence-electron chi connectivity index (χ3n) is 25.6. The number of aliphatic hydroxyl groups excluding tert-OH is 1. The van der Waals surface area contributed by atoms with Gasteiger partial charge in [0.1, 0.15) is 103 Å². The number of rotatable bonds is 27. The second-order valence-corrected chi connectivity index (χ2v) is 38.7. The van der Waals surface area contributed by atoms with Gasteiger partial charge in [0.05, 0.1) is 18.3 Å². The molecule has 3 aromatic carbocycles. The minimum atomic E-state index is -1.79. The number of aliphatic carboxylic acids is 2. The predicted molar refractivity (Wildman–Crippen MR) is 509 cm³/mol. The molecule has 0 bridgehead atoms. The number of ketones is 1. The molecule has 2 aromatic heterocycles. The van der Waals surface area contributed by atoms with E-state index in [2.05, 4.69) is 52.8 Å². The topological polar surface area (TPSA) is 608 Å². The number of aromatic nitrogens is 2. The van der Waals surface area contributed by atoms with E-state index >= 15 is 52.7 Å². The van der Waals surface area contributed by atoms with Gasteiger partial charge in [0.2, 0.25) is 94.5 Å². The number of nitrogens with zero attached hydrogens (tertiary/aromatic N) is 6. The number of aliphatic hydroxyl groups is 1. The molecule has 758 valence electrons. The summed E-state index contributed by atoms with van der Waals surface area (Å²) in [5, 5.41) is 56.8. The third-order valence-corrected chi connectivity index (χ3v) is 26.7. The number of halogens is 1. The Morgan fingerprint density at radius 1 is 0.525 bits per heavy atom. The van der Waals surface area contributed by atoms with Gasteiger partial charge >= 0.3 is 11.9 Å². The zero-order valence-corrected chi connectivity index (χ0v) is 80.9. The Morgan fingerprint density at radius 3 is 1.66 bits per heavy atom. The number of nitrogens with two attached hydrogens (primary N) is 3. The lowest BCUT2D eigenvalue weighted by Crippen LogP contribution is -2.61. The molecular weight excluding hydrogens is 1820 g/mol. The number of para-hydroxylation sites is 2. The van der Waals surface area contributed by atoms with Gasteiger partial charge in [-0.3, -0.25) is 91.1 Å². The van der Waals surface area contributed by atoms with Gasteiger partial charge in [-0.15, -0.1) is 11.8 Å². The summed E-state index contributed by atoms with van der Waals surface area (Å²) in [7, 11) is 2.59. The Balaban J connectivity index is 1.12. The number of carbonyl (C=O) groups is 19. The van der Waals surface area contributed by atoms with Crippen LogP contribution in [0.4, 0.5) is 4.39 Å². The number of likely N-dealkylation sites (N-methyl/N-ethyl adjacent to an activating group) is 2. The monoisotopic (exact) mass is 1960 g/mol. The van der Waals surface area contributed by atoms with E-state index in [-0.39, 0.29) is 109 Å². The van der Waals surface area contributed by atoms with Crippen LogP contribution in [0.15, 0.2) is 85.2 Å². The number of hydrogen-bond donors (Lipinski definition) is 16. The molecule has 16 amide bonds. The minimum absolute atomic E-state index is 0.0270. The quantitative estimate of drug-likeness (QED) is 0.0347. The average Bonchev–Trinajstić information content (AvgIpc) is 1.64. The van der Waals surface area contributed by atoms with Crippen LogP contribution in [0.5, 0.6) is 0 Å². The highest BCUT2D eigenvalue weighted by molar-refractivity contribution is 8.00. The summed E-state index contributed by atoms with van der Waals surface area (Å²) in [4.78, 5) is 287. The first-order chi connectivity index (χ1) is 65.9. The summed E-state index contributed by atoms with van der Waals surface area (Å²) in [5.74, 6) is -20.6. The van der Waals surface area contributed by atoms with Crippen molar-refractivity contribution in [3.63, 3.8) is 0 Å². The van der Waals surface area contributed by atoms with Crippen LogP contribution < -0.4 is 65.1 Å². The maximum atomic E-state index is 16.0. The number of piperidine rings is 1. The fraction of sp³-hybridized carbons (Fsp3) is 0.573. The number of carboxylic acid groups (broad SMARTS) is 2. The molecule has 9 rings (SSSR count). The molecule has 0 saturated carbocycles. The van der Waals surface area contributed by atoms with Crippen molar-refractivity contribution in [3.05, 3.63) is 108 Å². The number of primary amides is 2. The van der Waals surface area contributed by atoms with Gasteiger partial charge in [0, 0.05) is 118 Å². The van der Waals surface area contributed by atoms with Gasteiger partial charge in [-0.2, -0.15) is 0 Å². The Labute approximate surface area is 809 Å². The third kappa shape index (κ3) is 30.3.